The van der Waals surface area contributed by atoms with Gasteiger partial charge in [-0.25, -0.2) is 10.4 Å². The predicted octanol–water partition coefficient (Wildman–Crippen LogP) is 5.78. The summed E-state index contributed by atoms with van der Waals surface area (Å²) in [6.45, 7) is 4.79. The van der Waals surface area contributed by atoms with Crippen LogP contribution >= 0.6 is 0 Å². The predicted molar refractivity (Wildman–Crippen MR) is 171 cm³/mol. The van der Waals surface area contributed by atoms with Crippen LogP contribution in [0.25, 0.3) is 11.1 Å². The number of hydrogen-bond donors (Lipinski definition) is 3. The Morgan fingerprint density at radius 1 is 0.955 bits per heavy atom. The van der Waals surface area contributed by atoms with Crippen LogP contribution in [0.3, 0.4) is 0 Å². The van der Waals surface area contributed by atoms with Crippen LogP contribution in [0.4, 0.5) is 0 Å². The van der Waals surface area contributed by atoms with E-state index in [-0.39, 0.29) is 18.9 Å². The van der Waals surface area contributed by atoms with Gasteiger partial charge in [-0.2, -0.15) is 0 Å². The minimum absolute atomic E-state index is 0.0671. The number of hydrazine groups is 1. The van der Waals surface area contributed by atoms with Crippen molar-refractivity contribution in [3.8, 4) is 22.6 Å². The third kappa shape index (κ3) is 6.83. The zero-order valence-corrected chi connectivity index (χ0v) is 24.7. The highest BCUT2D eigenvalue weighted by Crippen LogP contribution is 2.43. The third-order valence-corrected chi connectivity index (χ3v) is 7.48. The molecule has 0 bridgehead atoms. The van der Waals surface area contributed by atoms with Gasteiger partial charge in [-0.1, -0.05) is 78.9 Å². The van der Waals surface area contributed by atoms with Gasteiger partial charge in [0.05, 0.1) is 13.7 Å². The highest BCUT2D eigenvalue weighted by molar-refractivity contribution is 6.01. The number of ether oxygens (including phenoxy) is 3. The number of carbonyl (C=O) groups is 1. The molecule has 4 aromatic rings. The molecule has 3 N–H and O–H groups in total. The fourth-order valence-corrected chi connectivity index (χ4v) is 5.19. The minimum Gasteiger partial charge on any atom is -0.496 e. The maximum atomic E-state index is 14.1. The van der Waals surface area contributed by atoms with Crippen molar-refractivity contribution < 1.29 is 24.1 Å². The van der Waals surface area contributed by atoms with Gasteiger partial charge in [0.15, 0.2) is 11.6 Å². The molecule has 5 rings (SSSR count). The molecule has 0 saturated carbocycles. The second-order valence-electron chi connectivity index (χ2n) is 10.4. The van der Waals surface area contributed by atoms with Crippen molar-refractivity contribution >= 4 is 11.8 Å². The summed E-state index contributed by atoms with van der Waals surface area (Å²) >= 11 is 0. The van der Waals surface area contributed by atoms with E-state index in [4.69, 9.17) is 24.3 Å². The highest BCUT2D eigenvalue weighted by Gasteiger charge is 2.52. The summed E-state index contributed by atoms with van der Waals surface area (Å²) in [4.78, 5) is 19.0. The number of para-hydroxylation sites is 1. The van der Waals surface area contributed by atoms with Crippen LogP contribution in [-0.2, 0) is 16.1 Å². The quantitative estimate of drug-likeness (QED) is 0.0977. The summed E-state index contributed by atoms with van der Waals surface area (Å²) in [5.41, 5.74) is 9.19. The number of carbonyl (C=O) groups excluding carboxylic acids is 1. The molecule has 0 radical (unpaired) electrons. The van der Waals surface area contributed by atoms with E-state index in [9.17, 15) is 4.79 Å². The first-order valence-electron chi connectivity index (χ1n) is 14.6. The summed E-state index contributed by atoms with van der Waals surface area (Å²) < 4.78 is 17.7. The number of hydrogen-bond acceptors (Lipinski definition) is 7. The molecule has 0 aliphatic carbocycles. The molecule has 8 nitrogen and oxygen atoms in total. The van der Waals surface area contributed by atoms with Crippen molar-refractivity contribution in [2.24, 2.45) is 4.99 Å². The summed E-state index contributed by atoms with van der Waals surface area (Å²) in [7, 11) is 1.62. The topological polar surface area (TPSA) is 101 Å². The lowest BCUT2D eigenvalue weighted by Gasteiger charge is -2.30. The van der Waals surface area contributed by atoms with Gasteiger partial charge in [0.2, 0.25) is 5.90 Å². The van der Waals surface area contributed by atoms with Crippen LogP contribution in [0, 0.1) is 0 Å². The number of aliphatic hydroxyl groups is 1. The van der Waals surface area contributed by atoms with Crippen LogP contribution in [-0.4, -0.2) is 42.8 Å². The monoisotopic (exact) mass is 591 g/mol. The van der Waals surface area contributed by atoms with Crippen molar-refractivity contribution in [3.63, 3.8) is 0 Å². The number of benzene rings is 4. The molecule has 0 saturated heterocycles. The number of nitrogens with one attached hydrogen (secondary N) is 2. The van der Waals surface area contributed by atoms with Crippen LogP contribution in [0.1, 0.15) is 35.6 Å². The molecule has 0 unspecified atom stereocenters. The largest absolute Gasteiger partial charge is 0.496 e. The molecule has 0 spiro atoms. The van der Waals surface area contributed by atoms with Gasteiger partial charge in [-0.15, -0.1) is 6.58 Å². The van der Waals surface area contributed by atoms with Gasteiger partial charge < -0.3 is 19.3 Å². The van der Waals surface area contributed by atoms with Crippen molar-refractivity contribution in [2.75, 3.05) is 20.3 Å². The van der Waals surface area contributed by atoms with E-state index in [0.29, 0.717) is 36.8 Å². The second-order valence-corrected chi connectivity index (χ2v) is 10.4. The summed E-state index contributed by atoms with van der Waals surface area (Å²) in [6, 6.07) is 33.1. The van der Waals surface area contributed by atoms with Crippen molar-refractivity contribution in [2.45, 2.75) is 31.0 Å². The first-order valence-corrected chi connectivity index (χ1v) is 14.6. The molecule has 1 aliphatic rings. The fourth-order valence-electron chi connectivity index (χ4n) is 5.19. The van der Waals surface area contributed by atoms with E-state index in [1.165, 1.54) is 0 Å². The molecule has 1 heterocycles. The molecular formula is C36H37N3O5. The van der Waals surface area contributed by atoms with Crippen LogP contribution in [0.5, 0.6) is 11.5 Å². The third-order valence-electron chi connectivity index (χ3n) is 7.48. The molecule has 4 aromatic carbocycles. The Balaban J connectivity index is 1.44. The number of rotatable bonds is 14. The maximum absolute atomic E-state index is 14.1. The SMILES string of the molecule is C=CC[C@]1(C(=O)NNCc2ccccc2OC)N=C(c2ccc(OCCCO)cc2)O[C@H]1c1ccc(-c2ccccc2)cc1. The molecule has 1 amide bonds. The Morgan fingerprint density at radius 2 is 1.64 bits per heavy atom. The van der Waals surface area contributed by atoms with Gasteiger partial charge in [-0.05, 0) is 47.0 Å². The smallest absolute Gasteiger partial charge is 0.266 e. The van der Waals surface area contributed by atoms with E-state index >= 15 is 0 Å². The zero-order chi connectivity index (χ0) is 30.8. The Morgan fingerprint density at radius 3 is 2.34 bits per heavy atom. The fraction of sp³-hybridized carbons (Fsp3) is 0.222. The van der Waals surface area contributed by atoms with Gasteiger partial charge in [0.1, 0.15) is 11.5 Å². The standard InChI is InChI=1S/C36H37N3O5/c1-3-22-36(35(41)39-37-25-30-12-7-8-13-32(30)42-2)33(28-16-14-27(15-17-28)26-10-5-4-6-11-26)44-34(38-36)29-18-20-31(21-19-29)43-24-9-23-40/h3-8,10-21,33,37,40H,1,9,22-25H2,2H3,(H,39,41)/t33-,36-/m0/s1. The maximum Gasteiger partial charge on any atom is 0.266 e. The van der Waals surface area contributed by atoms with Crippen LogP contribution in [0.15, 0.2) is 121 Å². The van der Waals surface area contributed by atoms with Gasteiger partial charge in [0.25, 0.3) is 5.91 Å². The van der Waals surface area contributed by atoms with Gasteiger partial charge in [-0.3, -0.25) is 10.2 Å². The Kier molecular flexibility index (Phi) is 10.1. The van der Waals surface area contributed by atoms with Crippen molar-refractivity contribution in [3.05, 3.63) is 132 Å². The Bertz CT molecular complexity index is 1570. The number of aliphatic imine (C=N–C) groups is 1. The molecule has 1 aliphatic heterocycles. The van der Waals surface area contributed by atoms with Crippen LogP contribution in [0.2, 0.25) is 0 Å². The molecule has 0 aromatic heterocycles. The normalized spacial score (nSPS) is 17.3. The van der Waals surface area contributed by atoms with Gasteiger partial charge >= 0.3 is 0 Å². The average molecular weight is 592 g/mol. The molecule has 0 fully saturated rings. The van der Waals surface area contributed by atoms with Crippen molar-refractivity contribution in [1.29, 1.82) is 0 Å². The average Bonchev–Trinajstić information content (AvgIpc) is 3.46. The number of aliphatic hydroxyl groups excluding tert-OH is 1. The van der Waals surface area contributed by atoms with E-state index in [2.05, 4.69) is 29.6 Å². The Hall–Kier alpha value is -4.92. The molecule has 8 heteroatoms. The van der Waals surface area contributed by atoms with E-state index in [0.717, 1.165) is 28.0 Å². The number of methoxy groups -OCH3 is 1. The lowest BCUT2D eigenvalue weighted by Crippen LogP contribution is -2.52. The minimum atomic E-state index is -1.32. The second kappa shape index (κ2) is 14.5. The van der Waals surface area contributed by atoms with E-state index in [1.54, 1.807) is 13.2 Å². The summed E-state index contributed by atoms with van der Waals surface area (Å²) in [6.07, 6.45) is 1.77. The molecular weight excluding hydrogens is 554 g/mol. The molecule has 2 atom stereocenters. The highest BCUT2D eigenvalue weighted by atomic mass is 16.5. The number of amides is 1. The van der Waals surface area contributed by atoms with Crippen molar-refractivity contribution in [1.82, 2.24) is 10.9 Å². The first kappa shape index (κ1) is 30.5. The summed E-state index contributed by atoms with van der Waals surface area (Å²) in [5.74, 6) is 1.40. The number of nitrogens with zero attached hydrogens (tertiary/aromatic N) is 1. The van der Waals surface area contributed by atoms with Crippen LogP contribution < -0.4 is 20.3 Å². The lowest BCUT2D eigenvalue weighted by atomic mass is 9.84. The van der Waals surface area contributed by atoms with Gasteiger partial charge in [0, 0.05) is 37.1 Å². The molecule has 44 heavy (non-hydrogen) atoms. The zero-order valence-electron chi connectivity index (χ0n) is 24.7. The summed E-state index contributed by atoms with van der Waals surface area (Å²) in [5, 5.41) is 9.04. The van der Waals surface area contributed by atoms with E-state index in [1.807, 2.05) is 91.0 Å². The van der Waals surface area contributed by atoms with E-state index < -0.39 is 11.6 Å². The Labute approximate surface area is 258 Å². The molecule has 226 valence electrons. The lowest BCUT2D eigenvalue weighted by molar-refractivity contribution is -0.129. The first-order chi connectivity index (χ1) is 21.6.